The van der Waals surface area contributed by atoms with Crippen molar-refractivity contribution in [1.29, 1.82) is 0 Å². The van der Waals surface area contributed by atoms with E-state index in [0.717, 1.165) is 12.6 Å². The Hall–Kier alpha value is -1.66. The molecule has 2 amide bonds. The Kier molecular flexibility index (Phi) is 5.06. The van der Waals surface area contributed by atoms with Crippen LogP contribution in [0.25, 0.3) is 0 Å². The Morgan fingerprint density at radius 3 is 2.71 bits per heavy atom. The molecule has 0 spiro atoms. The molecule has 1 aromatic rings. The SMILES string of the molecule is NC(=O)CCN1C[C@H](NC(=O)c2ccc(Cl)c(F)c2)[C@@H](C2CC2)C1. The van der Waals surface area contributed by atoms with Gasteiger partial charge in [0.1, 0.15) is 5.82 Å². The Morgan fingerprint density at radius 1 is 1.33 bits per heavy atom. The predicted molar refractivity (Wildman–Crippen MR) is 89.1 cm³/mol. The first-order chi connectivity index (χ1) is 11.4. The van der Waals surface area contributed by atoms with Crippen LogP contribution in [0, 0.1) is 17.7 Å². The van der Waals surface area contributed by atoms with Gasteiger partial charge in [0.05, 0.1) is 5.02 Å². The van der Waals surface area contributed by atoms with E-state index in [0.29, 0.717) is 31.3 Å². The summed E-state index contributed by atoms with van der Waals surface area (Å²) < 4.78 is 13.5. The minimum absolute atomic E-state index is 0.000834. The lowest BCUT2D eigenvalue weighted by Gasteiger charge is -2.19. The zero-order chi connectivity index (χ0) is 17.3. The van der Waals surface area contributed by atoms with Gasteiger partial charge in [0.25, 0.3) is 5.91 Å². The molecule has 2 atom stereocenters. The Bertz CT molecular complexity index is 651. The van der Waals surface area contributed by atoms with Crippen molar-refractivity contribution in [3.63, 3.8) is 0 Å². The molecular formula is C17H21ClFN3O2. The molecule has 24 heavy (non-hydrogen) atoms. The summed E-state index contributed by atoms with van der Waals surface area (Å²) in [6, 6.07) is 4.07. The summed E-state index contributed by atoms with van der Waals surface area (Å²) in [5.41, 5.74) is 5.48. The summed E-state index contributed by atoms with van der Waals surface area (Å²) in [7, 11) is 0. The number of primary amides is 1. The van der Waals surface area contributed by atoms with Gasteiger partial charge in [-0.15, -0.1) is 0 Å². The summed E-state index contributed by atoms with van der Waals surface area (Å²) >= 11 is 5.66. The average Bonchev–Trinajstić information content (AvgIpc) is 3.30. The van der Waals surface area contributed by atoms with Crippen molar-refractivity contribution in [2.45, 2.75) is 25.3 Å². The van der Waals surface area contributed by atoms with Crippen molar-refractivity contribution in [2.75, 3.05) is 19.6 Å². The molecule has 0 bridgehead atoms. The summed E-state index contributed by atoms with van der Waals surface area (Å²) in [6.07, 6.45) is 2.67. The van der Waals surface area contributed by atoms with E-state index in [-0.39, 0.29) is 28.4 Å². The van der Waals surface area contributed by atoms with Crippen molar-refractivity contribution in [2.24, 2.45) is 17.6 Å². The van der Waals surface area contributed by atoms with Gasteiger partial charge in [-0.1, -0.05) is 11.6 Å². The molecule has 0 aromatic heterocycles. The van der Waals surface area contributed by atoms with Crippen LogP contribution >= 0.6 is 11.6 Å². The molecule has 1 aromatic carbocycles. The maximum absolute atomic E-state index is 13.5. The number of likely N-dealkylation sites (tertiary alicyclic amines) is 1. The molecular weight excluding hydrogens is 333 g/mol. The van der Waals surface area contributed by atoms with Crippen LogP contribution in [0.3, 0.4) is 0 Å². The molecule has 1 heterocycles. The van der Waals surface area contributed by atoms with Crippen molar-refractivity contribution < 1.29 is 14.0 Å². The third-order valence-electron chi connectivity index (χ3n) is 4.84. The molecule has 1 aliphatic heterocycles. The fraction of sp³-hybridized carbons (Fsp3) is 0.529. The van der Waals surface area contributed by atoms with E-state index in [4.69, 9.17) is 17.3 Å². The van der Waals surface area contributed by atoms with Crippen LogP contribution < -0.4 is 11.1 Å². The monoisotopic (exact) mass is 353 g/mol. The van der Waals surface area contributed by atoms with Gasteiger partial charge < -0.3 is 16.0 Å². The number of halogens is 2. The number of rotatable bonds is 6. The van der Waals surface area contributed by atoms with E-state index in [1.807, 2.05) is 0 Å². The summed E-state index contributed by atoms with van der Waals surface area (Å²) in [5, 5.41) is 3.03. The van der Waals surface area contributed by atoms with Crippen LogP contribution in [0.4, 0.5) is 4.39 Å². The van der Waals surface area contributed by atoms with Gasteiger partial charge in [-0.25, -0.2) is 4.39 Å². The Labute approximate surface area is 145 Å². The normalized spacial score (nSPS) is 24.1. The largest absolute Gasteiger partial charge is 0.370 e. The molecule has 1 saturated carbocycles. The smallest absolute Gasteiger partial charge is 0.251 e. The Balaban J connectivity index is 1.64. The number of nitrogens with zero attached hydrogens (tertiary/aromatic N) is 1. The van der Waals surface area contributed by atoms with E-state index >= 15 is 0 Å². The topological polar surface area (TPSA) is 75.4 Å². The number of amides is 2. The van der Waals surface area contributed by atoms with Gasteiger partial charge in [-0.2, -0.15) is 0 Å². The first-order valence-corrected chi connectivity index (χ1v) is 8.58. The van der Waals surface area contributed by atoms with Crippen molar-refractivity contribution in [1.82, 2.24) is 10.2 Å². The molecule has 7 heteroatoms. The number of nitrogens with one attached hydrogen (secondary N) is 1. The molecule has 2 fully saturated rings. The minimum Gasteiger partial charge on any atom is -0.370 e. The third kappa shape index (κ3) is 4.05. The molecule has 0 unspecified atom stereocenters. The summed E-state index contributed by atoms with van der Waals surface area (Å²) in [4.78, 5) is 25.5. The average molecular weight is 354 g/mol. The zero-order valence-corrected chi connectivity index (χ0v) is 14.1. The fourth-order valence-electron chi connectivity index (χ4n) is 3.41. The number of hydrogen-bond acceptors (Lipinski definition) is 3. The van der Waals surface area contributed by atoms with Gasteiger partial charge in [0.15, 0.2) is 0 Å². The van der Waals surface area contributed by atoms with E-state index in [9.17, 15) is 14.0 Å². The van der Waals surface area contributed by atoms with Crippen LogP contribution in [0.15, 0.2) is 18.2 Å². The molecule has 1 aliphatic carbocycles. The van der Waals surface area contributed by atoms with Crippen molar-refractivity contribution >= 4 is 23.4 Å². The highest BCUT2D eigenvalue weighted by Gasteiger charge is 2.42. The molecule has 3 rings (SSSR count). The molecule has 3 N–H and O–H groups in total. The lowest BCUT2D eigenvalue weighted by molar-refractivity contribution is -0.118. The number of nitrogens with two attached hydrogens (primary N) is 1. The Morgan fingerprint density at radius 2 is 2.08 bits per heavy atom. The number of benzene rings is 1. The second kappa shape index (κ2) is 7.07. The van der Waals surface area contributed by atoms with E-state index in [2.05, 4.69) is 10.2 Å². The highest BCUT2D eigenvalue weighted by Crippen LogP contribution is 2.41. The lowest BCUT2D eigenvalue weighted by atomic mass is 9.98. The van der Waals surface area contributed by atoms with Crippen LogP contribution in [-0.2, 0) is 4.79 Å². The quantitative estimate of drug-likeness (QED) is 0.818. The second-order valence-electron chi connectivity index (χ2n) is 6.69. The van der Waals surface area contributed by atoms with Crippen molar-refractivity contribution in [3.05, 3.63) is 34.6 Å². The van der Waals surface area contributed by atoms with E-state index in [1.54, 1.807) is 0 Å². The maximum Gasteiger partial charge on any atom is 0.251 e. The standard InChI is InChI=1S/C17H21ClFN3O2/c18-13-4-3-11(7-14(13)19)17(24)21-15-9-22(6-5-16(20)23)8-12(15)10-1-2-10/h3-4,7,10,12,15H,1-2,5-6,8-9H2,(H2,20,23)(H,21,24)/t12-,15+/m1/s1. The minimum atomic E-state index is -0.599. The fourth-order valence-corrected chi connectivity index (χ4v) is 3.53. The van der Waals surface area contributed by atoms with Crippen LogP contribution in [-0.4, -0.2) is 42.4 Å². The first kappa shape index (κ1) is 17.2. The highest BCUT2D eigenvalue weighted by molar-refractivity contribution is 6.30. The van der Waals surface area contributed by atoms with Crippen molar-refractivity contribution in [3.8, 4) is 0 Å². The summed E-state index contributed by atoms with van der Waals surface area (Å²) in [5.74, 6) is -0.215. The lowest BCUT2D eigenvalue weighted by Crippen LogP contribution is -2.41. The maximum atomic E-state index is 13.5. The third-order valence-corrected chi connectivity index (χ3v) is 5.15. The van der Waals surface area contributed by atoms with Crippen LogP contribution in [0.2, 0.25) is 5.02 Å². The molecule has 5 nitrogen and oxygen atoms in total. The zero-order valence-electron chi connectivity index (χ0n) is 13.3. The number of carbonyl (C=O) groups is 2. The van der Waals surface area contributed by atoms with Gasteiger partial charge in [-0.05, 0) is 42.9 Å². The predicted octanol–water partition coefficient (Wildman–Crippen LogP) is 1.79. The van der Waals surface area contributed by atoms with Gasteiger partial charge in [0, 0.05) is 37.7 Å². The van der Waals surface area contributed by atoms with E-state index in [1.165, 1.54) is 25.0 Å². The van der Waals surface area contributed by atoms with Crippen LogP contribution in [0.1, 0.15) is 29.6 Å². The second-order valence-corrected chi connectivity index (χ2v) is 7.09. The van der Waals surface area contributed by atoms with Gasteiger partial charge in [0.2, 0.25) is 5.91 Å². The highest BCUT2D eigenvalue weighted by atomic mass is 35.5. The van der Waals surface area contributed by atoms with E-state index < -0.39 is 5.82 Å². The first-order valence-electron chi connectivity index (χ1n) is 8.20. The molecule has 0 radical (unpaired) electrons. The number of carbonyl (C=O) groups excluding carboxylic acids is 2. The molecule has 2 aliphatic rings. The van der Waals surface area contributed by atoms with Crippen LogP contribution in [0.5, 0.6) is 0 Å². The van der Waals surface area contributed by atoms with Gasteiger partial charge >= 0.3 is 0 Å². The van der Waals surface area contributed by atoms with Gasteiger partial charge in [-0.3, -0.25) is 9.59 Å². The number of hydrogen-bond donors (Lipinski definition) is 2. The molecule has 130 valence electrons. The molecule has 1 saturated heterocycles. The summed E-state index contributed by atoms with van der Waals surface area (Å²) in [6.45, 7) is 2.16.